The Morgan fingerprint density at radius 1 is 1.31 bits per heavy atom. The molecule has 3 rings (SSSR count). The first-order valence-corrected chi connectivity index (χ1v) is 9.68. The van der Waals surface area contributed by atoms with E-state index in [1.54, 1.807) is 43.3 Å². The first kappa shape index (κ1) is 20.6. The van der Waals surface area contributed by atoms with Crippen LogP contribution in [-0.4, -0.2) is 27.6 Å². The van der Waals surface area contributed by atoms with Gasteiger partial charge >= 0.3 is 5.97 Å². The second kappa shape index (κ2) is 8.93. The van der Waals surface area contributed by atoms with Gasteiger partial charge in [0.2, 0.25) is 0 Å². The molecule has 2 aromatic carbocycles. The van der Waals surface area contributed by atoms with E-state index in [0.717, 1.165) is 11.8 Å². The maximum absolute atomic E-state index is 12.4. The molecule has 1 aliphatic rings. The van der Waals surface area contributed by atoms with Crippen LogP contribution in [0.4, 0.5) is 11.4 Å². The number of rotatable bonds is 5. The van der Waals surface area contributed by atoms with Gasteiger partial charge in [0.1, 0.15) is 16.4 Å². The van der Waals surface area contributed by atoms with E-state index in [9.17, 15) is 20.0 Å². The number of non-ortho nitro benzene ring substituents is 1. The Kier molecular flexibility index (Phi) is 6.36. The van der Waals surface area contributed by atoms with Crippen LogP contribution in [0.25, 0.3) is 6.08 Å². The van der Waals surface area contributed by atoms with Crippen LogP contribution in [0, 0.1) is 10.1 Å². The minimum Gasteiger partial charge on any atom is -0.506 e. The number of benzene rings is 2. The molecular weight excluding hydrogens is 416 g/mol. The molecule has 0 spiro atoms. The Labute approximate surface area is 175 Å². The van der Waals surface area contributed by atoms with E-state index in [4.69, 9.17) is 16.3 Å². The van der Waals surface area contributed by atoms with Crippen molar-refractivity contribution in [2.24, 2.45) is 4.99 Å². The predicted molar refractivity (Wildman–Crippen MR) is 113 cm³/mol. The number of hydrogen-bond acceptors (Lipinski definition) is 7. The lowest BCUT2D eigenvalue weighted by Gasteiger charge is -2.04. The highest BCUT2D eigenvalue weighted by molar-refractivity contribution is 8.18. The van der Waals surface area contributed by atoms with Gasteiger partial charge in [0.15, 0.2) is 0 Å². The number of thioether (sulfide) groups is 1. The lowest BCUT2D eigenvalue weighted by Crippen LogP contribution is -2.12. The van der Waals surface area contributed by atoms with E-state index in [0.29, 0.717) is 21.2 Å². The number of aliphatic hydroxyl groups is 1. The second-order valence-corrected chi connectivity index (χ2v) is 7.27. The van der Waals surface area contributed by atoms with Crippen molar-refractivity contribution in [2.45, 2.75) is 6.92 Å². The molecule has 0 fully saturated rings. The van der Waals surface area contributed by atoms with Gasteiger partial charge in [-0.05, 0) is 36.8 Å². The quantitative estimate of drug-likeness (QED) is 0.385. The SMILES string of the molecule is CCOC(=O)C1=C(O)/C(=C/c2cccc([N+](=O)[O-])c2)SC1=Nc1cccc(Cl)c1. The summed E-state index contributed by atoms with van der Waals surface area (Å²) in [6.07, 6.45) is 1.55. The molecule has 0 unspecified atom stereocenters. The predicted octanol–water partition coefficient (Wildman–Crippen LogP) is 5.44. The third kappa shape index (κ3) is 4.85. The van der Waals surface area contributed by atoms with E-state index < -0.39 is 10.9 Å². The van der Waals surface area contributed by atoms with Gasteiger partial charge in [-0.1, -0.05) is 41.6 Å². The second-order valence-electron chi connectivity index (χ2n) is 5.80. The van der Waals surface area contributed by atoms with Crippen LogP contribution in [0.1, 0.15) is 12.5 Å². The molecule has 0 amide bonds. The molecule has 7 nitrogen and oxygen atoms in total. The topological polar surface area (TPSA) is 102 Å². The zero-order chi connectivity index (χ0) is 21.0. The van der Waals surface area contributed by atoms with Crippen molar-refractivity contribution in [3.63, 3.8) is 0 Å². The van der Waals surface area contributed by atoms with Gasteiger partial charge in [-0.2, -0.15) is 0 Å². The molecule has 0 radical (unpaired) electrons. The Morgan fingerprint density at radius 3 is 2.76 bits per heavy atom. The molecule has 0 saturated heterocycles. The van der Waals surface area contributed by atoms with Crippen molar-refractivity contribution in [3.05, 3.63) is 85.5 Å². The first-order valence-electron chi connectivity index (χ1n) is 8.48. The van der Waals surface area contributed by atoms with Gasteiger partial charge in [-0.25, -0.2) is 9.79 Å². The van der Waals surface area contributed by atoms with Crippen molar-refractivity contribution >= 4 is 51.8 Å². The molecule has 2 aromatic rings. The highest BCUT2D eigenvalue weighted by atomic mass is 35.5. The molecule has 1 N–H and O–H groups in total. The third-order valence-electron chi connectivity index (χ3n) is 3.79. The van der Waals surface area contributed by atoms with Crippen molar-refractivity contribution in [1.29, 1.82) is 0 Å². The summed E-state index contributed by atoms with van der Waals surface area (Å²) in [6.45, 7) is 1.79. The van der Waals surface area contributed by atoms with E-state index in [-0.39, 0.29) is 28.7 Å². The van der Waals surface area contributed by atoms with Gasteiger partial charge in [-0.3, -0.25) is 10.1 Å². The number of nitro groups is 1. The molecule has 148 valence electrons. The normalized spacial score (nSPS) is 16.5. The van der Waals surface area contributed by atoms with Crippen LogP contribution in [0.3, 0.4) is 0 Å². The molecule has 29 heavy (non-hydrogen) atoms. The third-order valence-corrected chi connectivity index (χ3v) is 5.04. The summed E-state index contributed by atoms with van der Waals surface area (Å²) in [5.41, 5.74) is 0.865. The molecule has 9 heteroatoms. The van der Waals surface area contributed by atoms with Crippen LogP contribution >= 0.6 is 23.4 Å². The molecule has 0 aliphatic carbocycles. The maximum Gasteiger partial charge on any atom is 0.344 e. The van der Waals surface area contributed by atoms with Crippen LogP contribution in [0.5, 0.6) is 0 Å². The summed E-state index contributed by atoms with van der Waals surface area (Å²) in [5, 5.41) is 22.3. The Balaban J connectivity index is 2.05. The van der Waals surface area contributed by atoms with Gasteiger partial charge in [-0.15, -0.1) is 0 Å². The van der Waals surface area contributed by atoms with Crippen LogP contribution in [-0.2, 0) is 9.53 Å². The summed E-state index contributed by atoms with van der Waals surface area (Å²) >= 11 is 7.05. The Hall–Kier alpha value is -3.10. The van der Waals surface area contributed by atoms with Crippen LogP contribution in [0.2, 0.25) is 5.02 Å². The standard InChI is InChI=1S/C20H15ClN2O5S/c1-2-28-20(25)17-18(24)16(10-12-5-3-8-15(9-12)23(26)27)29-19(17)22-14-7-4-6-13(21)11-14/h3-11,24H,2H2,1H3/b16-10-,22-19?. The fourth-order valence-corrected chi connectivity index (χ4v) is 3.75. The summed E-state index contributed by atoms with van der Waals surface area (Å²) < 4.78 is 5.04. The monoisotopic (exact) mass is 430 g/mol. The Morgan fingerprint density at radius 2 is 2.07 bits per heavy atom. The van der Waals surface area contributed by atoms with Crippen molar-refractivity contribution in [1.82, 2.24) is 0 Å². The fourth-order valence-electron chi connectivity index (χ4n) is 2.53. The molecule has 0 aromatic heterocycles. The molecular formula is C20H15ClN2O5S. The molecule has 0 atom stereocenters. The van der Waals surface area contributed by atoms with Crippen molar-refractivity contribution < 1.29 is 19.6 Å². The number of carbonyl (C=O) groups is 1. The van der Waals surface area contributed by atoms with Crippen LogP contribution in [0.15, 0.2) is 69.8 Å². The lowest BCUT2D eigenvalue weighted by molar-refractivity contribution is -0.384. The van der Waals surface area contributed by atoms with Gasteiger partial charge in [0.05, 0.1) is 22.1 Å². The number of nitrogens with zero attached hydrogens (tertiary/aromatic N) is 2. The number of esters is 1. The molecule has 1 heterocycles. The van der Waals surface area contributed by atoms with E-state index in [1.807, 2.05) is 0 Å². The zero-order valence-corrected chi connectivity index (χ0v) is 16.7. The van der Waals surface area contributed by atoms with Crippen molar-refractivity contribution in [3.8, 4) is 0 Å². The van der Waals surface area contributed by atoms with Gasteiger partial charge in [0, 0.05) is 17.2 Å². The Bertz CT molecular complexity index is 1080. The minimum atomic E-state index is -0.708. The summed E-state index contributed by atoms with van der Waals surface area (Å²) in [5.74, 6) is -0.999. The smallest absolute Gasteiger partial charge is 0.344 e. The van der Waals surface area contributed by atoms with Crippen molar-refractivity contribution in [2.75, 3.05) is 6.61 Å². The number of nitro benzene ring substituents is 1. The zero-order valence-electron chi connectivity index (χ0n) is 15.2. The highest BCUT2D eigenvalue weighted by Crippen LogP contribution is 2.40. The number of aliphatic imine (C=N–C) groups is 1. The van der Waals surface area contributed by atoms with E-state index in [2.05, 4.69) is 4.99 Å². The number of halogens is 1. The highest BCUT2D eigenvalue weighted by Gasteiger charge is 2.33. The van der Waals surface area contributed by atoms with E-state index >= 15 is 0 Å². The summed E-state index contributed by atoms with van der Waals surface area (Å²) in [7, 11) is 0. The molecule has 0 saturated carbocycles. The molecule has 1 aliphatic heterocycles. The number of hydrogen-bond donors (Lipinski definition) is 1. The largest absolute Gasteiger partial charge is 0.506 e. The fraction of sp³-hybridized carbons (Fsp3) is 0.100. The lowest BCUT2D eigenvalue weighted by atomic mass is 10.1. The molecule has 0 bridgehead atoms. The minimum absolute atomic E-state index is 0.0616. The average molecular weight is 431 g/mol. The summed E-state index contributed by atoms with van der Waals surface area (Å²) in [4.78, 5) is 27.6. The number of ether oxygens (including phenoxy) is 1. The summed E-state index contributed by atoms with van der Waals surface area (Å²) in [6, 6.07) is 12.7. The van der Waals surface area contributed by atoms with Gasteiger partial charge < -0.3 is 9.84 Å². The number of aliphatic hydroxyl groups excluding tert-OH is 1. The van der Waals surface area contributed by atoms with Gasteiger partial charge in [0.25, 0.3) is 5.69 Å². The van der Waals surface area contributed by atoms with E-state index in [1.165, 1.54) is 18.2 Å². The average Bonchev–Trinajstić information content (AvgIpc) is 2.97. The van der Waals surface area contributed by atoms with Crippen LogP contribution < -0.4 is 0 Å². The number of carbonyl (C=O) groups excluding carboxylic acids is 1. The maximum atomic E-state index is 12.4. The first-order chi connectivity index (χ1) is 13.9.